The Morgan fingerprint density at radius 3 is 2.94 bits per heavy atom. The number of carboxylic acids is 1. The number of tetrazole rings is 1. The maximum atomic E-state index is 11.1. The van der Waals surface area contributed by atoms with Gasteiger partial charge in [-0.15, -0.1) is 5.10 Å². The maximum absolute atomic E-state index is 11.1. The summed E-state index contributed by atoms with van der Waals surface area (Å²) in [6.45, 7) is 4.37. The minimum atomic E-state index is -1.14. The fraction of sp³-hybridized carbons (Fsp3) is 0.778. The molecule has 1 aromatic heterocycles. The highest BCUT2D eigenvalue weighted by Gasteiger charge is 2.36. The largest absolute Gasteiger partial charge is 0.479 e. The molecule has 0 radical (unpaired) electrons. The van der Waals surface area contributed by atoms with Gasteiger partial charge in [-0.3, -0.25) is 0 Å². The maximum Gasteiger partial charge on any atom is 0.331 e. The Morgan fingerprint density at radius 2 is 2.38 bits per heavy atom. The summed E-state index contributed by atoms with van der Waals surface area (Å²) in [5, 5.41) is 20.4. The molecule has 0 bridgehead atoms. The Morgan fingerprint density at radius 1 is 1.62 bits per heavy atom. The van der Waals surface area contributed by atoms with E-state index in [4.69, 9.17) is 9.84 Å². The van der Waals surface area contributed by atoms with E-state index in [1.165, 1.54) is 4.68 Å². The number of ether oxygens (including phenoxy) is 1. The lowest BCUT2D eigenvalue weighted by Gasteiger charge is -2.21. The molecule has 88 valence electrons. The van der Waals surface area contributed by atoms with E-state index in [-0.39, 0.29) is 5.92 Å². The first kappa shape index (κ1) is 11.0. The van der Waals surface area contributed by atoms with Gasteiger partial charge in [0.05, 0.1) is 6.61 Å². The van der Waals surface area contributed by atoms with Crippen LogP contribution in [0, 0.1) is 0 Å². The normalized spacial score (nSPS) is 21.2. The fourth-order valence-corrected chi connectivity index (χ4v) is 1.68. The average Bonchev–Trinajstić information content (AvgIpc) is 2.88. The van der Waals surface area contributed by atoms with Crippen molar-refractivity contribution in [3.63, 3.8) is 0 Å². The van der Waals surface area contributed by atoms with E-state index in [0.29, 0.717) is 19.0 Å². The molecular weight excluding hydrogens is 212 g/mol. The first-order chi connectivity index (χ1) is 7.53. The Labute approximate surface area is 92.4 Å². The summed E-state index contributed by atoms with van der Waals surface area (Å²) < 4.78 is 6.62. The van der Waals surface area contributed by atoms with Gasteiger partial charge in [0.25, 0.3) is 0 Å². The van der Waals surface area contributed by atoms with Crippen LogP contribution in [0.25, 0.3) is 0 Å². The molecule has 2 rings (SSSR count). The predicted molar refractivity (Wildman–Crippen MR) is 53.0 cm³/mol. The van der Waals surface area contributed by atoms with Gasteiger partial charge in [0, 0.05) is 12.5 Å². The van der Waals surface area contributed by atoms with Gasteiger partial charge in [-0.1, -0.05) is 0 Å². The Kier molecular flexibility index (Phi) is 2.63. The van der Waals surface area contributed by atoms with E-state index in [0.717, 1.165) is 6.42 Å². The second kappa shape index (κ2) is 3.82. The van der Waals surface area contributed by atoms with Crippen LogP contribution in [0.1, 0.15) is 32.0 Å². The number of hydrogen-bond acceptors (Lipinski definition) is 5. The van der Waals surface area contributed by atoms with E-state index in [1.807, 2.05) is 0 Å². The van der Waals surface area contributed by atoms with Crippen molar-refractivity contribution >= 4 is 5.97 Å². The first-order valence-electron chi connectivity index (χ1n) is 5.13. The third-order valence-corrected chi connectivity index (χ3v) is 2.84. The molecule has 1 aliphatic rings. The van der Waals surface area contributed by atoms with Gasteiger partial charge in [0.2, 0.25) is 0 Å². The molecule has 7 heteroatoms. The highest BCUT2D eigenvalue weighted by molar-refractivity contribution is 5.75. The molecule has 1 aliphatic heterocycles. The van der Waals surface area contributed by atoms with Crippen LogP contribution in [-0.4, -0.2) is 44.5 Å². The quantitative estimate of drug-likeness (QED) is 0.780. The third kappa shape index (κ3) is 1.67. The molecule has 1 saturated heterocycles. The molecule has 1 unspecified atom stereocenters. The second-order valence-corrected chi connectivity index (χ2v) is 4.37. The molecule has 0 aliphatic carbocycles. The summed E-state index contributed by atoms with van der Waals surface area (Å²) in [6.07, 6.45) is 0.829. The molecule has 0 spiro atoms. The van der Waals surface area contributed by atoms with Crippen molar-refractivity contribution in [3.8, 4) is 0 Å². The van der Waals surface area contributed by atoms with Gasteiger partial charge in [-0.2, -0.15) is 0 Å². The Bertz CT molecular complexity index is 395. The molecular formula is C9H14N4O3. The zero-order valence-corrected chi connectivity index (χ0v) is 9.25. The van der Waals surface area contributed by atoms with Gasteiger partial charge < -0.3 is 9.84 Å². The molecule has 0 saturated carbocycles. The van der Waals surface area contributed by atoms with Gasteiger partial charge in [0.15, 0.2) is 11.4 Å². The van der Waals surface area contributed by atoms with Crippen LogP contribution < -0.4 is 0 Å². The molecule has 1 fully saturated rings. The van der Waals surface area contributed by atoms with Crippen molar-refractivity contribution in [2.24, 2.45) is 0 Å². The van der Waals surface area contributed by atoms with Crippen LogP contribution in [0.4, 0.5) is 0 Å². The Balaban J connectivity index is 2.35. The van der Waals surface area contributed by atoms with Gasteiger partial charge >= 0.3 is 5.97 Å². The van der Waals surface area contributed by atoms with Crippen molar-refractivity contribution in [2.45, 2.75) is 31.7 Å². The van der Waals surface area contributed by atoms with E-state index in [9.17, 15) is 4.79 Å². The smallest absolute Gasteiger partial charge is 0.331 e. The number of carbonyl (C=O) groups is 1. The second-order valence-electron chi connectivity index (χ2n) is 4.37. The predicted octanol–water partition coefficient (Wildman–Crippen LogP) is -0.00330. The van der Waals surface area contributed by atoms with E-state index >= 15 is 0 Å². The SMILES string of the molecule is CC(C)(C(=O)O)n1nnnc1C1CCOC1. The summed E-state index contributed by atoms with van der Waals surface area (Å²) in [4.78, 5) is 11.1. The summed E-state index contributed by atoms with van der Waals surface area (Å²) in [5.41, 5.74) is -1.14. The zero-order valence-electron chi connectivity index (χ0n) is 9.25. The third-order valence-electron chi connectivity index (χ3n) is 2.84. The summed E-state index contributed by atoms with van der Waals surface area (Å²) >= 11 is 0. The summed E-state index contributed by atoms with van der Waals surface area (Å²) in [5.74, 6) is -0.279. The van der Waals surface area contributed by atoms with Gasteiger partial charge in [-0.25, -0.2) is 9.48 Å². The van der Waals surface area contributed by atoms with Crippen molar-refractivity contribution in [1.29, 1.82) is 0 Å². The fourth-order valence-electron chi connectivity index (χ4n) is 1.68. The van der Waals surface area contributed by atoms with E-state index in [1.54, 1.807) is 13.8 Å². The molecule has 0 aromatic carbocycles. The topological polar surface area (TPSA) is 90.1 Å². The standard InChI is InChI=1S/C9H14N4O3/c1-9(2,8(14)15)13-7(10-11-12-13)6-3-4-16-5-6/h6H,3-5H2,1-2H3,(H,14,15). The highest BCUT2D eigenvalue weighted by atomic mass is 16.5. The Hall–Kier alpha value is -1.50. The number of rotatable bonds is 3. The molecule has 1 atom stereocenters. The van der Waals surface area contributed by atoms with Crippen molar-refractivity contribution in [1.82, 2.24) is 20.2 Å². The molecule has 16 heavy (non-hydrogen) atoms. The van der Waals surface area contributed by atoms with Crippen LogP contribution in [0.2, 0.25) is 0 Å². The highest BCUT2D eigenvalue weighted by Crippen LogP contribution is 2.26. The lowest BCUT2D eigenvalue weighted by molar-refractivity contribution is -0.146. The van der Waals surface area contributed by atoms with Crippen LogP contribution >= 0.6 is 0 Å². The van der Waals surface area contributed by atoms with Crippen LogP contribution in [0.5, 0.6) is 0 Å². The molecule has 1 N–H and O–H groups in total. The number of carboxylic acid groups (broad SMARTS) is 1. The number of aliphatic carboxylic acids is 1. The minimum Gasteiger partial charge on any atom is -0.479 e. The lowest BCUT2D eigenvalue weighted by atomic mass is 10.0. The molecule has 2 heterocycles. The minimum absolute atomic E-state index is 0.0913. The summed E-state index contributed by atoms with van der Waals surface area (Å²) in [6, 6.07) is 0. The van der Waals surface area contributed by atoms with Crippen LogP contribution in [-0.2, 0) is 15.1 Å². The molecule has 0 amide bonds. The van der Waals surface area contributed by atoms with Crippen molar-refractivity contribution < 1.29 is 14.6 Å². The number of nitrogens with zero attached hydrogens (tertiary/aromatic N) is 4. The first-order valence-corrected chi connectivity index (χ1v) is 5.13. The number of aromatic nitrogens is 4. The van der Waals surface area contributed by atoms with Crippen molar-refractivity contribution in [3.05, 3.63) is 5.82 Å². The zero-order chi connectivity index (χ0) is 11.8. The number of hydrogen-bond donors (Lipinski definition) is 1. The van der Waals surface area contributed by atoms with E-state index in [2.05, 4.69) is 15.5 Å². The van der Waals surface area contributed by atoms with Crippen LogP contribution in [0.15, 0.2) is 0 Å². The van der Waals surface area contributed by atoms with Crippen LogP contribution in [0.3, 0.4) is 0 Å². The van der Waals surface area contributed by atoms with Crippen molar-refractivity contribution in [2.75, 3.05) is 13.2 Å². The summed E-state index contributed by atoms with van der Waals surface area (Å²) in [7, 11) is 0. The average molecular weight is 226 g/mol. The monoisotopic (exact) mass is 226 g/mol. The van der Waals surface area contributed by atoms with E-state index < -0.39 is 11.5 Å². The molecule has 1 aromatic rings. The molecule has 7 nitrogen and oxygen atoms in total. The lowest BCUT2D eigenvalue weighted by Crippen LogP contribution is -2.38. The van der Waals surface area contributed by atoms with Gasteiger partial charge in [-0.05, 0) is 30.7 Å². The van der Waals surface area contributed by atoms with Gasteiger partial charge in [0.1, 0.15) is 0 Å².